The fraction of sp³-hybridized carbons (Fsp3) is 0.320. The van der Waals surface area contributed by atoms with Crippen molar-refractivity contribution in [3.05, 3.63) is 82.0 Å². The van der Waals surface area contributed by atoms with Crippen LogP contribution < -0.4 is 15.1 Å². The molecule has 0 saturated carbocycles. The van der Waals surface area contributed by atoms with Crippen LogP contribution >= 0.6 is 11.3 Å². The molecule has 162 valence electrons. The molecule has 0 fully saturated rings. The van der Waals surface area contributed by atoms with Crippen molar-refractivity contribution in [1.82, 2.24) is 5.32 Å². The van der Waals surface area contributed by atoms with Gasteiger partial charge in [0.25, 0.3) is 5.91 Å². The number of fused-ring (bicyclic) bond motifs is 1. The van der Waals surface area contributed by atoms with Gasteiger partial charge < -0.3 is 19.9 Å². The lowest BCUT2D eigenvalue weighted by atomic mass is 10.1. The highest BCUT2D eigenvalue weighted by Crippen LogP contribution is 2.29. The third-order valence-corrected chi connectivity index (χ3v) is 6.60. The largest absolute Gasteiger partial charge is 0.372 e. The molecule has 5 nitrogen and oxygen atoms in total. The maximum atomic E-state index is 13.3. The van der Waals surface area contributed by atoms with Gasteiger partial charge in [0.15, 0.2) is 0 Å². The third-order valence-electron chi connectivity index (χ3n) is 5.64. The first kappa shape index (κ1) is 21.6. The van der Waals surface area contributed by atoms with E-state index in [4.69, 9.17) is 4.74 Å². The van der Waals surface area contributed by atoms with Crippen molar-refractivity contribution in [3.8, 4) is 0 Å². The van der Waals surface area contributed by atoms with E-state index in [1.807, 2.05) is 55.4 Å². The maximum absolute atomic E-state index is 13.3. The van der Waals surface area contributed by atoms with Crippen molar-refractivity contribution in [2.45, 2.75) is 19.1 Å². The van der Waals surface area contributed by atoms with E-state index in [1.54, 1.807) is 11.3 Å². The quantitative estimate of drug-likeness (QED) is 0.556. The predicted molar refractivity (Wildman–Crippen MR) is 128 cm³/mol. The minimum atomic E-state index is 0.0449. The average Bonchev–Trinajstić information content (AvgIpc) is 3.30. The fourth-order valence-corrected chi connectivity index (χ4v) is 4.73. The second-order valence-electron chi connectivity index (χ2n) is 7.77. The highest BCUT2D eigenvalue weighted by atomic mass is 32.1. The topological polar surface area (TPSA) is 44.8 Å². The molecule has 0 unspecified atom stereocenters. The Kier molecular flexibility index (Phi) is 7.02. The summed E-state index contributed by atoms with van der Waals surface area (Å²) in [6, 6.07) is 20.2. The highest BCUT2D eigenvalue weighted by molar-refractivity contribution is 7.10. The van der Waals surface area contributed by atoms with Crippen LogP contribution in [0, 0.1) is 0 Å². The molecule has 0 aliphatic carbocycles. The fourth-order valence-electron chi connectivity index (χ4n) is 3.92. The molecule has 1 N–H and O–H groups in total. The number of carbonyl (C=O) groups is 1. The summed E-state index contributed by atoms with van der Waals surface area (Å²) in [7, 11) is 4.00. The SMILES string of the molecule is CNCC[C@@H](OCc1cccc(N2CCN(C)c3ccccc3C2=O)c1)c1cccs1. The Morgan fingerprint density at radius 3 is 2.77 bits per heavy atom. The molecule has 4 rings (SSSR count). The molecule has 2 aromatic carbocycles. The normalized spacial score (nSPS) is 15.0. The van der Waals surface area contributed by atoms with Gasteiger partial charge in [-0.3, -0.25) is 4.79 Å². The number of anilines is 2. The standard InChI is InChI=1S/C25H29N3O2S/c1-26-13-12-23(24-11-6-16-31-24)30-18-19-7-5-8-20(17-19)28-15-14-27(2)22-10-4-3-9-21(22)25(28)29/h3-11,16-17,23,26H,12-15,18H2,1-2H3/t23-/m1/s1. The molecule has 2 heterocycles. The molecule has 0 radical (unpaired) electrons. The van der Waals surface area contributed by atoms with Crippen molar-refractivity contribution in [1.29, 1.82) is 0 Å². The maximum Gasteiger partial charge on any atom is 0.260 e. The van der Waals surface area contributed by atoms with Crippen LogP contribution in [-0.2, 0) is 11.3 Å². The van der Waals surface area contributed by atoms with Crippen LogP contribution in [0.25, 0.3) is 0 Å². The van der Waals surface area contributed by atoms with E-state index in [9.17, 15) is 4.79 Å². The van der Waals surface area contributed by atoms with Gasteiger partial charge in [0.1, 0.15) is 0 Å². The number of thiophene rings is 1. The first-order valence-corrected chi connectivity index (χ1v) is 11.6. The van der Waals surface area contributed by atoms with Crippen molar-refractivity contribution in [3.63, 3.8) is 0 Å². The molecule has 0 saturated heterocycles. The zero-order valence-corrected chi connectivity index (χ0v) is 18.9. The molecule has 1 atom stereocenters. The Bertz CT molecular complexity index is 1010. The van der Waals surface area contributed by atoms with Gasteiger partial charge in [-0.1, -0.05) is 30.3 Å². The van der Waals surface area contributed by atoms with Crippen LogP contribution in [0.4, 0.5) is 11.4 Å². The molecule has 1 amide bonds. The average molecular weight is 436 g/mol. The Morgan fingerprint density at radius 2 is 1.97 bits per heavy atom. The first-order chi connectivity index (χ1) is 15.2. The lowest BCUT2D eigenvalue weighted by Gasteiger charge is -2.22. The Labute approximate surface area is 188 Å². The second kappa shape index (κ2) is 10.1. The summed E-state index contributed by atoms with van der Waals surface area (Å²) < 4.78 is 6.30. The van der Waals surface area contributed by atoms with Crippen LogP contribution in [-0.4, -0.2) is 39.6 Å². The van der Waals surface area contributed by atoms with E-state index >= 15 is 0 Å². The summed E-state index contributed by atoms with van der Waals surface area (Å²) in [5, 5.41) is 5.30. The number of hydrogen-bond donors (Lipinski definition) is 1. The van der Waals surface area contributed by atoms with Crippen LogP contribution in [0.5, 0.6) is 0 Å². The zero-order chi connectivity index (χ0) is 21.6. The van der Waals surface area contributed by atoms with E-state index in [-0.39, 0.29) is 12.0 Å². The van der Waals surface area contributed by atoms with Gasteiger partial charge in [-0.15, -0.1) is 11.3 Å². The van der Waals surface area contributed by atoms with Gasteiger partial charge in [0.2, 0.25) is 0 Å². The Morgan fingerprint density at radius 1 is 1.10 bits per heavy atom. The van der Waals surface area contributed by atoms with Gasteiger partial charge in [-0.2, -0.15) is 0 Å². The molecule has 1 aromatic heterocycles. The Hall–Kier alpha value is -2.67. The number of ether oxygens (including phenoxy) is 1. The number of benzene rings is 2. The van der Waals surface area contributed by atoms with Gasteiger partial charge in [-0.25, -0.2) is 0 Å². The summed E-state index contributed by atoms with van der Waals surface area (Å²) in [6.07, 6.45) is 0.987. The minimum Gasteiger partial charge on any atom is -0.372 e. The van der Waals surface area contributed by atoms with Gasteiger partial charge in [0.05, 0.1) is 18.3 Å². The summed E-state index contributed by atoms with van der Waals surface area (Å²) >= 11 is 1.73. The number of para-hydroxylation sites is 1. The third kappa shape index (κ3) is 4.98. The number of rotatable bonds is 8. The number of nitrogens with one attached hydrogen (secondary N) is 1. The number of nitrogens with zero attached hydrogens (tertiary/aromatic N) is 2. The molecule has 1 aliphatic heterocycles. The van der Waals surface area contributed by atoms with Crippen LogP contribution in [0.3, 0.4) is 0 Å². The highest BCUT2D eigenvalue weighted by Gasteiger charge is 2.25. The number of amides is 1. The second-order valence-corrected chi connectivity index (χ2v) is 8.75. The first-order valence-electron chi connectivity index (χ1n) is 10.7. The molecule has 6 heteroatoms. The molecule has 31 heavy (non-hydrogen) atoms. The van der Waals surface area contributed by atoms with Crippen molar-refractivity contribution >= 4 is 28.6 Å². The minimum absolute atomic E-state index is 0.0449. The summed E-state index contributed by atoms with van der Waals surface area (Å²) in [6.45, 7) is 2.85. The van der Waals surface area contributed by atoms with E-state index in [1.165, 1.54) is 4.88 Å². The van der Waals surface area contributed by atoms with E-state index in [2.05, 4.69) is 39.9 Å². The van der Waals surface area contributed by atoms with E-state index < -0.39 is 0 Å². The van der Waals surface area contributed by atoms with Gasteiger partial charge in [0, 0.05) is 36.4 Å². The molecule has 3 aromatic rings. The van der Waals surface area contributed by atoms with Gasteiger partial charge >= 0.3 is 0 Å². The zero-order valence-electron chi connectivity index (χ0n) is 18.1. The van der Waals surface area contributed by atoms with E-state index in [0.717, 1.165) is 42.0 Å². The van der Waals surface area contributed by atoms with Crippen molar-refractivity contribution in [2.24, 2.45) is 0 Å². The van der Waals surface area contributed by atoms with Crippen LogP contribution in [0.15, 0.2) is 66.0 Å². The lowest BCUT2D eigenvalue weighted by Crippen LogP contribution is -2.33. The summed E-state index contributed by atoms with van der Waals surface area (Å²) in [5.74, 6) is 0.0449. The molecule has 1 aliphatic rings. The van der Waals surface area contributed by atoms with E-state index in [0.29, 0.717) is 13.2 Å². The van der Waals surface area contributed by atoms with Crippen molar-refractivity contribution < 1.29 is 9.53 Å². The molecular weight excluding hydrogens is 406 g/mol. The summed E-state index contributed by atoms with van der Waals surface area (Å²) in [4.78, 5) is 18.6. The lowest BCUT2D eigenvalue weighted by molar-refractivity contribution is 0.0367. The number of carbonyl (C=O) groups excluding carboxylic acids is 1. The summed E-state index contributed by atoms with van der Waals surface area (Å²) in [5.41, 5.74) is 3.72. The van der Waals surface area contributed by atoms with Crippen LogP contribution in [0.2, 0.25) is 0 Å². The number of hydrogen-bond acceptors (Lipinski definition) is 5. The monoisotopic (exact) mass is 435 g/mol. The predicted octanol–water partition coefficient (Wildman–Crippen LogP) is 4.71. The number of likely N-dealkylation sites (N-methyl/N-ethyl adjacent to an activating group) is 1. The van der Waals surface area contributed by atoms with Gasteiger partial charge in [-0.05, 0) is 61.3 Å². The smallest absolute Gasteiger partial charge is 0.260 e. The molecular formula is C25H29N3O2S. The molecule has 0 spiro atoms. The Balaban J connectivity index is 1.51. The van der Waals surface area contributed by atoms with Crippen LogP contribution in [0.1, 0.15) is 33.3 Å². The molecule has 0 bridgehead atoms. The van der Waals surface area contributed by atoms with Crippen molar-refractivity contribution in [2.75, 3.05) is 43.5 Å².